The molecule has 2 N–H and O–H groups in total. The van der Waals surface area contributed by atoms with E-state index in [0.29, 0.717) is 41.1 Å². The minimum absolute atomic E-state index is 0.0778. The second-order valence-electron chi connectivity index (χ2n) is 7.95. The zero-order chi connectivity index (χ0) is 22.7. The molecule has 3 aromatic rings. The topological polar surface area (TPSA) is 97.6 Å². The molecule has 0 atom stereocenters. The maximum absolute atomic E-state index is 13.0. The molecular weight excluding hydrogens is 428 g/mol. The van der Waals surface area contributed by atoms with Gasteiger partial charge in [0.15, 0.2) is 11.2 Å². The molecule has 0 fully saturated rings. The van der Waals surface area contributed by atoms with Crippen molar-refractivity contribution in [2.45, 2.75) is 39.0 Å². The van der Waals surface area contributed by atoms with Gasteiger partial charge in [-0.15, -0.1) is 11.3 Å². The van der Waals surface area contributed by atoms with Gasteiger partial charge in [0.2, 0.25) is 0 Å². The van der Waals surface area contributed by atoms with Crippen LogP contribution in [0.3, 0.4) is 0 Å². The Morgan fingerprint density at radius 2 is 1.97 bits per heavy atom. The molecule has 0 saturated heterocycles. The Labute approximate surface area is 189 Å². The summed E-state index contributed by atoms with van der Waals surface area (Å²) in [6.07, 6.45) is 4.49. The molecule has 0 unspecified atom stereocenters. The van der Waals surface area contributed by atoms with Gasteiger partial charge in [-0.05, 0) is 62.3 Å². The average molecular weight is 455 g/mol. The highest BCUT2D eigenvalue weighted by atomic mass is 32.1. The van der Waals surface area contributed by atoms with E-state index in [-0.39, 0.29) is 17.1 Å². The third-order valence-electron chi connectivity index (χ3n) is 5.54. The predicted octanol–water partition coefficient (Wildman–Crippen LogP) is 4.06. The number of benzene rings is 1. The van der Waals surface area contributed by atoms with Gasteiger partial charge in [-0.2, -0.15) is 0 Å². The quantitative estimate of drug-likeness (QED) is 0.525. The summed E-state index contributed by atoms with van der Waals surface area (Å²) >= 11 is 1.43. The van der Waals surface area contributed by atoms with Crippen molar-refractivity contribution in [1.82, 2.24) is 5.32 Å². The smallest absolute Gasteiger partial charge is 0.292 e. The first-order valence-electron chi connectivity index (χ1n) is 10.8. The van der Waals surface area contributed by atoms with Crippen LogP contribution in [0.15, 0.2) is 33.5 Å². The first-order valence-corrected chi connectivity index (χ1v) is 11.6. The minimum atomic E-state index is -0.544. The van der Waals surface area contributed by atoms with E-state index in [4.69, 9.17) is 9.15 Å². The molecule has 4 rings (SSSR count). The van der Waals surface area contributed by atoms with Crippen LogP contribution in [0.2, 0.25) is 0 Å². The van der Waals surface area contributed by atoms with Crippen molar-refractivity contribution in [1.29, 1.82) is 0 Å². The number of ether oxygens (including phenoxy) is 1. The monoisotopic (exact) mass is 454 g/mol. The Balaban J connectivity index is 1.63. The molecule has 0 aliphatic heterocycles. The number of methoxy groups -OCH3 is 1. The number of amides is 2. The van der Waals surface area contributed by atoms with Crippen LogP contribution < -0.4 is 16.1 Å². The van der Waals surface area contributed by atoms with Gasteiger partial charge >= 0.3 is 0 Å². The van der Waals surface area contributed by atoms with Crippen LogP contribution in [0.1, 0.15) is 56.2 Å². The number of nitrogens with one attached hydrogen (secondary N) is 2. The van der Waals surface area contributed by atoms with Crippen molar-refractivity contribution in [2.75, 3.05) is 25.6 Å². The number of anilines is 1. The lowest BCUT2D eigenvalue weighted by Crippen LogP contribution is -2.27. The molecule has 32 heavy (non-hydrogen) atoms. The molecular formula is C24H26N2O5S. The first-order chi connectivity index (χ1) is 15.5. The van der Waals surface area contributed by atoms with Crippen LogP contribution in [-0.2, 0) is 17.6 Å². The number of hydrogen-bond acceptors (Lipinski definition) is 6. The van der Waals surface area contributed by atoms with E-state index in [1.165, 1.54) is 17.4 Å². The molecule has 1 aromatic carbocycles. The fraction of sp³-hybridized carbons (Fsp3) is 0.375. The van der Waals surface area contributed by atoms with Crippen molar-refractivity contribution >= 4 is 39.1 Å². The van der Waals surface area contributed by atoms with Crippen LogP contribution in [0, 0.1) is 6.92 Å². The lowest BCUT2D eigenvalue weighted by molar-refractivity contribution is 0.0948. The first kappa shape index (κ1) is 22.2. The molecule has 2 aromatic heterocycles. The van der Waals surface area contributed by atoms with Gasteiger partial charge in [0.1, 0.15) is 10.6 Å². The molecule has 8 heteroatoms. The Kier molecular flexibility index (Phi) is 6.72. The fourth-order valence-electron chi connectivity index (χ4n) is 3.94. The third-order valence-corrected chi connectivity index (χ3v) is 6.75. The van der Waals surface area contributed by atoms with Gasteiger partial charge in [-0.1, -0.05) is 6.07 Å². The van der Waals surface area contributed by atoms with Crippen LogP contribution >= 0.6 is 11.3 Å². The standard InChI is InChI=1S/C24H26N2O5S/c1-14-8-9-15-17(27)13-19(31-18(15)12-14)22(28)26-24-21(23(29)25-10-5-11-30-2)16-6-3-4-7-20(16)32-24/h8-9,12-13H,3-7,10-11H2,1-2H3,(H,25,29)(H,26,28). The Hall–Kier alpha value is -2.97. The molecule has 7 nitrogen and oxygen atoms in total. The maximum Gasteiger partial charge on any atom is 0.292 e. The van der Waals surface area contributed by atoms with Crippen LogP contribution in [-0.4, -0.2) is 32.1 Å². The second kappa shape index (κ2) is 9.67. The van der Waals surface area contributed by atoms with E-state index in [0.717, 1.165) is 41.7 Å². The number of rotatable bonds is 7. The van der Waals surface area contributed by atoms with Crippen LogP contribution in [0.4, 0.5) is 5.00 Å². The number of aryl methyl sites for hydroxylation is 2. The van der Waals surface area contributed by atoms with Crippen molar-refractivity contribution in [2.24, 2.45) is 0 Å². The number of carbonyl (C=O) groups excluding carboxylic acids is 2. The van der Waals surface area contributed by atoms with Crippen molar-refractivity contribution in [3.8, 4) is 0 Å². The fourth-order valence-corrected chi connectivity index (χ4v) is 5.22. The Bertz CT molecular complexity index is 1230. The van der Waals surface area contributed by atoms with Crippen LogP contribution in [0.25, 0.3) is 11.0 Å². The van der Waals surface area contributed by atoms with Crippen molar-refractivity contribution in [3.63, 3.8) is 0 Å². The molecule has 168 valence electrons. The second-order valence-corrected chi connectivity index (χ2v) is 9.05. The van der Waals surface area contributed by atoms with Gasteiger partial charge in [0.05, 0.1) is 10.9 Å². The summed E-state index contributed by atoms with van der Waals surface area (Å²) in [5, 5.41) is 6.68. The van der Waals surface area contributed by atoms with E-state index in [9.17, 15) is 14.4 Å². The molecule has 0 radical (unpaired) electrons. The molecule has 2 amide bonds. The predicted molar refractivity (Wildman–Crippen MR) is 125 cm³/mol. The van der Waals surface area contributed by atoms with Crippen molar-refractivity contribution < 1.29 is 18.7 Å². The van der Waals surface area contributed by atoms with Crippen LogP contribution in [0.5, 0.6) is 0 Å². The molecule has 1 aliphatic carbocycles. The van der Waals surface area contributed by atoms with Gasteiger partial charge in [0.25, 0.3) is 11.8 Å². The summed E-state index contributed by atoms with van der Waals surface area (Å²) in [6.45, 7) is 2.94. The lowest BCUT2D eigenvalue weighted by atomic mass is 9.95. The SMILES string of the molecule is COCCCNC(=O)c1c(NC(=O)c2cc(=O)c3ccc(C)cc3o2)sc2c1CCCC2. The van der Waals surface area contributed by atoms with Gasteiger partial charge in [-0.25, -0.2) is 0 Å². The lowest BCUT2D eigenvalue weighted by Gasteiger charge is -2.13. The van der Waals surface area contributed by atoms with Crippen molar-refractivity contribution in [3.05, 3.63) is 61.8 Å². The highest BCUT2D eigenvalue weighted by molar-refractivity contribution is 7.17. The number of fused-ring (bicyclic) bond motifs is 2. The van der Waals surface area contributed by atoms with Gasteiger partial charge < -0.3 is 19.8 Å². The highest BCUT2D eigenvalue weighted by Crippen LogP contribution is 2.38. The number of carbonyl (C=O) groups is 2. The van der Waals surface area contributed by atoms with E-state index < -0.39 is 5.91 Å². The summed E-state index contributed by atoms with van der Waals surface area (Å²) in [4.78, 5) is 39.6. The molecule has 0 bridgehead atoms. The average Bonchev–Trinajstić information content (AvgIpc) is 3.14. The summed E-state index contributed by atoms with van der Waals surface area (Å²) in [7, 11) is 1.62. The zero-order valence-corrected chi connectivity index (χ0v) is 19.0. The van der Waals surface area contributed by atoms with E-state index in [2.05, 4.69) is 10.6 Å². The van der Waals surface area contributed by atoms with E-state index in [1.54, 1.807) is 19.2 Å². The Morgan fingerprint density at radius 3 is 2.78 bits per heavy atom. The number of hydrogen-bond donors (Lipinski definition) is 2. The summed E-state index contributed by atoms with van der Waals surface area (Å²) in [5.41, 5.74) is 2.55. The highest BCUT2D eigenvalue weighted by Gasteiger charge is 2.27. The summed E-state index contributed by atoms with van der Waals surface area (Å²) in [5.74, 6) is -0.824. The largest absolute Gasteiger partial charge is 0.451 e. The van der Waals surface area contributed by atoms with Gasteiger partial charge in [-0.3, -0.25) is 14.4 Å². The van der Waals surface area contributed by atoms with Gasteiger partial charge in [0, 0.05) is 31.2 Å². The Morgan fingerprint density at radius 1 is 1.16 bits per heavy atom. The summed E-state index contributed by atoms with van der Waals surface area (Å²) in [6, 6.07) is 6.45. The zero-order valence-electron chi connectivity index (χ0n) is 18.2. The maximum atomic E-state index is 13.0. The normalized spacial score (nSPS) is 13.1. The van der Waals surface area contributed by atoms with E-state index in [1.807, 2.05) is 13.0 Å². The van der Waals surface area contributed by atoms with E-state index >= 15 is 0 Å². The molecule has 0 spiro atoms. The molecule has 2 heterocycles. The third kappa shape index (κ3) is 4.61. The molecule has 0 saturated carbocycles. The summed E-state index contributed by atoms with van der Waals surface area (Å²) < 4.78 is 10.8. The number of thiophene rings is 1. The molecule has 1 aliphatic rings. The minimum Gasteiger partial charge on any atom is -0.451 e.